The van der Waals surface area contributed by atoms with Crippen LogP contribution in [0, 0.1) is 5.92 Å². The third-order valence-electron chi connectivity index (χ3n) is 5.01. The highest BCUT2D eigenvalue weighted by Gasteiger charge is 2.33. The molecule has 0 bridgehead atoms. The van der Waals surface area contributed by atoms with Crippen molar-refractivity contribution in [2.24, 2.45) is 10.9 Å². The number of nitrogens with one attached hydrogen (secondary N) is 1. The smallest absolute Gasteiger partial charge is 0.255 e. The number of nitrogens with zero attached hydrogens (tertiary/aromatic N) is 2. The SMILES string of the molecule is C=CN=C/C(=C\C)OCC1CCN(c2ccc(C(=O)Nc3ccccc3N)cc2)C1=O.CC. The molecular formula is C26H32N4O3. The van der Waals surface area contributed by atoms with Crippen LogP contribution in [0.4, 0.5) is 17.1 Å². The van der Waals surface area contributed by atoms with E-state index in [1.54, 1.807) is 65.7 Å². The van der Waals surface area contributed by atoms with Crippen molar-refractivity contribution >= 4 is 35.1 Å². The first-order valence-corrected chi connectivity index (χ1v) is 11.0. The first-order chi connectivity index (χ1) is 16.0. The molecule has 1 fully saturated rings. The summed E-state index contributed by atoms with van der Waals surface area (Å²) in [6.45, 7) is 10.3. The Morgan fingerprint density at radius 1 is 1.24 bits per heavy atom. The number of carbonyl (C=O) groups is 2. The largest absolute Gasteiger partial charge is 0.491 e. The van der Waals surface area contributed by atoms with Crippen molar-refractivity contribution in [2.75, 3.05) is 29.1 Å². The number of carbonyl (C=O) groups excluding carboxylic acids is 2. The number of hydrogen-bond donors (Lipinski definition) is 2. The fourth-order valence-electron chi connectivity index (χ4n) is 3.27. The van der Waals surface area contributed by atoms with Gasteiger partial charge in [0.05, 0.1) is 30.1 Å². The fraction of sp³-hybridized carbons (Fsp3) is 0.269. The Bertz CT molecular complexity index is 1010. The van der Waals surface area contributed by atoms with Gasteiger partial charge < -0.3 is 20.7 Å². The molecule has 3 N–H and O–H groups in total. The average molecular weight is 449 g/mol. The van der Waals surface area contributed by atoms with Gasteiger partial charge in [-0.05, 0) is 55.8 Å². The molecule has 7 heteroatoms. The number of anilines is 3. The molecule has 1 atom stereocenters. The van der Waals surface area contributed by atoms with Gasteiger partial charge in [0, 0.05) is 24.0 Å². The normalized spacial score (nSPS) is 15.7. The van der Waals surface area contributed by atoms with E-state index in [4.69, 9.17) is 10.5 Å². The van der Waals surface area contributed by atoms with Crippen LogP contribution in [0.1, 0.15) is 37.6 Å². The highest BCUT2D eigenvalue weighted by Crippen LogP contribution is 2.26. The molecule has 174 valence electrons. The van der Waals surface area contributed by atoms with Crippen LogP contribution in [-0.4, -0.2) is 31.2 Å². The van der Waals surface area contributed by atoms with Crippen molar-refractivity contribution in [1.82, 2.24) is 0 Å². The molecule has 1 heterocycles. The molecule has 33 heavy (non-hydrogen) atoms. The third kappa shape index (κ3) is 6.80. The molecule has 1 saturated heterocycles. The molecule has 0 saturated carbocycles. The van der Waals surface area contributed by atoms with Crippen molar-refractivity contribution < 1.29 is 14.3 Å². The second-order valence-electron chi connectivity index (χ2n) is 7.03. The molecule has 7 nitrogen and oxygen atoms in total. The van der Waals surface area contributed by atoms with E-state index in [9.17, 15) is 9.59 Å². The summed E-state index contributed by atoms with van der Waals surface area (Å²) in [7, 11) is 0. The lowest BCUT2D eigenvalue weighted by Crippen LogP contribution is -2.28. The molecule has 3 rings (SSSR count). The predicted octanol–water partition coefficient (Wildman–Crippen LogP) is 5.03. The Labute approximate surface area is 195 Å². The highest BCUT2D eigenvalue weighted by atomic mass is 16.5. The summed E-state index contributed by atoms with van der Waals surface area (Å²) in [6, 6.07) is 14.0. The molecule has 2 aromatic rings. The van der Waals surface area contributed by atoms with Gasteiger partial charge in [0.1, 0.15) is 5.76 Å². The van der Waals surface area contributed by atoms with E-state index >= 15 is 0 Å². The lowest BCUT2D eigenvalue weighted by molar-refractivity contribution is -0.121. The molecule has 2 aromatic carbocycles. The van der Waals surface area contributed by atoms with Crippen molar-refractivity contribution in [3.8, 4) is 0 Å². The van der Waals surface area contributed by atoms with Gasteiger partial charge in [0.2, 0.25) is 5.91 Å². The van der Waals surface area contributed by atoms with Gasteiger partial charge in [-0.25, -0.2) is 0 Å². The number of rotatable bonds is 8. The standard InChI is InChI=1S/C24H26N4O3.C2H6/c1-3-20(15-26-4-2)31-16-18-13-14-28(24(18)30)19-11-9-17(10-12-19)23(29)27-22-8-6-5-7-21(22)25;1-2/h3-12,15,18H,2,13-14,16,25H2,1H3,(H,27,29);1-2H3/b20-3+,26-15?;. The van der Waals surface area contributed by atoms with E-state index in [-0.39, 0.29) is 24.3 Å². The second-order valence-corrected chi connectivity index (χ2v) is 7.03. The van der Waals surface area contributed by atoms with Gasteiger partial charge in [0.25, 0.3) is 5.91 Å². The molecule has 0 radical (unpaired) electrons. The van der Waals surface area contributed by atoms with E-state index in [0.717, 1.165) is 5.69 Å². The number of ether oxygens (including phenoxy) is 1. The third-order valence-corrected chi connectivity index (χ3v) is 5.01. The summed E-state index contributed by atoms with van der Waals surface area (Å²) in [4.78, 5) is 30.9. The highest BCUT2D eigenvalue weighted by molar-refractivity contribution is 6.06. The molecule has 1 aliphatic heterocycles. The zero-order chi connectivity index (χ0) is 24.2. The van der Waals surface area contributed by atoms with Crippen LogP contribution in [0.2, 0.25) is 0 Å². The van der Waals surface area contributed by atoms with E-state index in [1.165, 1.54) is 6.20 Å². The summed E-state index contributed by atoms with van der Waals surface area (Å²) in [5, 5.41) is 2.80. The van der Waals surface area contributed by atoms with Gasteiger partial charge in [-0.3, -0.25) is 14.6 Å². The van der Waals surface area contributed by atoms with Gasteiger partial charge in [-0.1, -0.05) is 32.6 Å². The number of hydrogen-bond acceptors (Lipinski definition) is 5. The molecule has 2 amide bonds. The van der Waals surface area contributed by atoms with Crippen LogP contribution >= 0.6 is 0 Å². The maximum absolute atomic E-state index is 12.8. The van der Waals surface area contributed by atoms with Crippen LogP contribution in [0.25, 0.3) is 0 Å². The summed E-state index contributed by atoms with van der Waals surface area (Å²) in [5.41, 5.74) is 8.17. The molecule has 0 aliphatic carbocycles. The Morgan fingerprint density at radius 3 is 2.58 bits per heavy atom. The van der Waals surface area contributed by atoms with E-state index in [1.807, 2.05) is 20.8 Å². The Balaban J connectivity index is 0.00000187. The molecule has 1 unspecified atom stereocenters. The average Bonchev–Trinajstić information content (AvgIpc) is 3.22. The van der Waals surface area contributed by atoms with Gasteiger partial charge >= 0.3 is 0 Å². The van der Waals surface area contributed by atoms with Crippen LogP contribution < -0.4 is 16.0 Å². The van der Waals surface area contributed by atoms with Crippen molar-refractivity contribution in [3.05, 3.63) is 78.7 Å². The first-order valence-electron chi connectivity index (χ1n) is 11.0. The molecule has 0 aromatic heterocycles. The maximum Gasteiger partial charge on any atom is 0.255 e. The Kier molecular flexibility index (Phi) is 9.89. The van der Waals surface area contributed by atoms with E-state index in [2.05, 4.69) is 16.9 Å². The molecular weight excluding hydrogens is 416 g/mol. The van der Waals surface area contributed by atoms with Gasteiger partial charge in [-0.15, -0.1) is 0 Å². The number of allylic oxidation sites excluding steroid dienone is 2. The zero-order valence-electron chi connectivity index (χ0n) is 19.5. The summed E-state index contributed by atoms with van der Waals surface area (Å²) >= 11 is 0. The minimum Gasteiger partial charge on any atom is -0.491 e. The second kappa shape index (κ2) is 12.9. The Morgan fingerprint density at radius 2 is 1.94 bits per heavy atom. The van der Waals surface area contributed by atoms with Crippen molar-refractivity contribution in [2.45, 2.75) is 27.2 Å². The number of aliphatic imine (C=N–C) groups is 1. The number of amides is 2. The first kappa shape index (κ1) is 25.4. The molecule has 0 spiro atoms. The number of benzene rings is 2. The zero-order valence-corrected chi connectivity index (χ0v) is 19.5. The van der Waals surface area contributed by atoms with E-state index in [0.29, 0.717) is 35.7 Å². The molecule has 1 aliphatic rings. The minimum absolute atomic E-state index is 0.00498. The van der Waals surface area contributed by atoms with Gasteiger partial charge in [0.15, 0.2) is 0 Å². The fourth-order valence-corrected chi connectivity index (χ4v) is 3.27. The van der Waals surface area contributed by atoms with Crippen molar-refractivity contribution in [1.29, 1.82) is 0 Å². The maximum atomic E-state index is 12.8. The summed E-state index contributed by atoms with van der Waals surface area (Å²) < 4.78 is 5.70. The number of nitrogens with two attached hydrogens (primary N) is 1. The summed E-state index contributed by atoms with van der Waals surface area (Å²) in [5.74, 6) is 0.116. The number of para-hydroxylation sites is 2. The van der Waals surface area contributed by atoms with Crippen LogP contribution in [0.5, 0.6) is 0 Å². The van der Waals surface area contributed by atoms with Crippen LogP contribution in [0.3, 0.4) is 0 Å². The van der Waals surface area contributed by atoms with E-state index < -0.39 is 0 Å². The summed E-state index contributed by atoms with van der Waals surface area (Å²) in [6.07, 6.45) is 5.48. The topological polar surface area (TPSA) is 97.0 Å². The predicted molar refractivity (Wildman–Crippen MR) is 135 cm³/mol. The van der Waals surface area contributed by atoms with Crippen molar-refractivity contribution in [3.63, 3.8) is 0 Å². The monoisotopic (exact) mass is 448 g/mol. The van der Waals surface area contributed by atoms with Gasteiger partial charge in [-0.2, -0.15) is 0 Å². The van der Waals surface area contributed by atoms with Crippen LogP contribution in [0.15, 0.2) is 78.1 Å². The lowest BCUT2D eigenvalue weighted by atomic mass is 10.1. The minimum atomic E-state index is -0.261. The number of nitrogen functional groups attached to an aromatic ring is 1. The quantitative estimate of drug-likeness (QED) is 0.336. The van der Waals surface area contributed by atoms with Crippen LogP contribution in [-0.2, 0) is 9.53 Å². The lowest BCUT2D eigenvalue weighted by Gasteiger charge is -2.17. The Hall–Kier alpha value is -3.87.